The number of alkyl halides is 3. The number of fused-ring (bicyclic) bond motifs is 1. The highest BCUT2D eigenvalue weighted by Gasteiger charge is 2.73. The number of nitrogen functional groups attached to an aromatic ring is 1. The number of methoxy groups -OCH3 is 1. The zero-order valence-corrected chi connectivity index (χ0v) is 16.9. The van der Waals surface area contributed by atoms with Gasteiger partial charge >= 0.3 is 6.18 Å². The van der Waals surface area contributed by atoms with Crippen LogP contribution in [0.2, 0.25) is 5.02 Å². The van der Waals surface area contributed by atoms with Crippen molar-refractivity contribution in [3.8, 4) is 5.75 Å². The van der Waals surface area contributed by atoms with E-state index in [1.54, 1.807) is 37.3 Å². The lowest BCUT2D eigenvalue weighted by atomic mass is 9.70. The number of halogens is 5. The first kappa shape index (κ1) is 20.8. The number of epoxide rings is 1. The van der Waals surface area contributed by atoms with Gasteiger partial charge in [0.25, 0.3) is 0 Å². The van der Waals surface area contributed by atoms with Crippen LogP contribution in [-0.2, 0) is 4.74 Å². The lowest BCUT2D eigenvalue weighted by molar-refractivity contribution is -0.193. The second-order valence-electron chi connectivity index (χ2n) is 7.64. The molecule has 0 amide bonds. The summed E-state index contributed by atoms with van der Waals surface area (Å²) >= 11 is 5.97. The van der Waals surface area contributed by atoms with E-state index in [4.69, 9.17) is 26.8 Å². The van der Waals surface area contributed by atoms with Crippen LogP contribution in [0, 0.1) is 5.82 Å². The zero-order valence-electron chi connectivity index (χ0n) is 16.1. The molecule has 2 aromatic carbocycles. The molecule has 1 saturated heterocycles. The molecule has 2 heterocycles. The van der Waals surface area contributed by atoms with Crippen LogP contribution >= 0.6 is 11.6 Å². The number of nitrogens with one attached hydrogen (secondary N) is 1. The summed E-state index contributed by atoms with van der Waals surface area (Å²) in [5, 5.41) is 3.09. The minimum atomic E-state index is -4.73. The Morgan fingerprint density at radius 1 is 1.27 bits per heavy atom. The summed E-state index contributed by atoms with van der Waals surface area (Å²) in [5.74, 6) is -2.74. The van der Waals surface area contributed by atoms with Gasteiger partial charge in [0.05, 0.1) is 30.2 Å². The third-order valence-corrected chi connectivity index (χ3v) is 6.03. The molecule has 0 bridgehead atoms. The maximum atomic E-state index is 15.3. The van der Waals surface area contributed by atoms with Crippen molar-refractivity contribution in [3.05, 3.63) is 58.4 Å². The number of nitrogens with two attached hydrogens (primary N) is 1. The molecule has 0 radical (unpaired) electrons. The summed E-state index contributed by atoms with van der Waals surface area (Å²) in [6.07, 6.45) is -1.52. The fourth-order valence-corrected chi connectivity index (χ4v) is 4.45. The number of hydrogen-bond donors (Lipinski definition) is 2. The summed E-state index contributed by atoms with van der Waals surface area (Å²) in [7, 11) is 1.20. The molecule has 2 aliphatic heterocycles. The first-order valence-electron chi connectivity index (χ1n) is 9.12. The van der Waals surface area contributed by atoms with Gasteiger partial charge in [-0.25, -0.2) is 4.39 Å². The molecule has 3 unspecified atom stereocenters. The maximum absolute atomic E-state index is 15.3. The molecule has 1 fully saturated rings. The summed E-state index contributed by atoms with van der Waals surface area (Å²) in [5.41, 5.74) is 3.53. The van der Waals surface area contributed by atoms with E-state index in [-0.39, 0.29) is 16.3 Å². The van der Waals surface area contributed by atoms with E-state index in [0.717, 1.165) is 0 Å². The van der Waals surface area contributed by atoms with Crippen LogP contribution in [0.25, 0.3) is 6.08 Å². The van der Waals surface area contributed by atoms with Crippen LogP contribution in [0.1, 0.15) is 24.0 Å². The van der Waals surface area contributed by atoms with Gasteiger partial charge in [0.2, 0.25) is 0 Å². The summed E-state index contributed by atoms with van der Waals surface area (Å²) < 4.78 is 67.7. The predicted molar refractivity (Wildman–Crippen MR) is 107 cm³/mol. The van der Waals surface area contributed by atoms with Crippen LogP contribution in [0.4, 0.5) is 28.9 Å². The average Bonchev–Trinajstić information content (AvgIpc) is 3.46. The maximum Gasteiger partial charge on any atom is 0.420 e. The number of ether oxygens (including phenoxy) is 2. The van der Waals surface area contributed by atoms with Crippen molar-refractivity contribution in [1.29, 1.82) is 0 Å². The Balaban J connectivity index is 1.91. The fraction of sp³-hybridized carbons (Fsp3) is 0.333. The number of anilines is 2. The van der Waals surface area contributed by atoms with E-state index in [1.165, 1.54) is 19.2 Å². The van der Waals surface area contributed by atoms with Gasteiger partial charge in [-0.2, -0.15) is 13.2 Å². The lowest BCUT2D eigenvalue weighted by Gasteiger charge is -2.43. The molecule has 4 nitrogen and oxygen atoms in total. The molecule has 2 aliphatic rings. The summed E-state index contributed by atoms with van der Waals surface area (Å²) in [4.78, 5) is 0. The second-order valence-corrected chi connectivity index (χ2v) is 8.05. The quantitative estimate of drug-likeness (QED) is 0.379. The molecule has 0 aliphatic carbocycles. The van der Waals surface area contributed by atoms with E-state index in [2.05, 4.69) is 5.32 Å². The van der Waals surface area contributed by atoms with E-state index >= 15 is 4.39 Å². The minimum absolute atomic E-state index is 0.0364. The third kappa shape index (κ3) is 3.01. The molecule has 30 heavy (non-hydrogen) atoms. The number of hydrogen-bond acceptors (Lipinski definition) is 4. The predicted octanol–water partition coefficient (Wildman–Crippen LogP) is 5.38. The number of benzene rings is 2. The highest BCUT2D eigenvalue weighted by molar-refractivity contribution is 6.32. The first-order chi connectivity index (χ1) is 14.0. The Labute approximate surface area is 175 Å². The Kier molecular flexibility index (Phi) is 4.70. The summed E-state index contributed by atoms with van der Waals surface area (Å²) in [6, 6.07) is 7.65. The second kappa shape index (κ2) is 6.78. The molecule has 3 atom stereocenters. The van der Waals surface area contributed by atoms with Gasteiger partial charge in [-0.05, 0) is 25.1 Å². The first-order valence-corrected chi connectivity index (χ1v) is 9.50. The molecule has 0 saturated carbocycles. The Bertz CT molecular complexity index is 1040. The summed E-state index contributed by atoms with van der Waals surface area (Å²) in [6.45, 7) is 0.983. The van der Waals surface area contributed by atoms with Gasteiger partial charge in [0.15, 0.2) is 17.2 Å². The van der Waals surface area contributed by atoms with E-state index in [1.807, 2.05) is 0 Å². The van der Waals surface area contributed by atoms with Crippen molar-refractivity contribution in [1.82, 2.24) is 0 Å². The monoisotopic (exact) mass is 442 g/mol. The molecule has 0 spiro atoms. The highest BCUT2D eigenvalue weighted by atomic mass is 35.5. The van der Waals surface area contributed by atoms with Gasteiger partial charge in [-0.15, -0.1) is 0 Å². The van der Waals surface area contributed by atoms with Crippen LogP contribution in [0.5, 0.6) is 5.75 Å². The Morgan fingerprint density at radius 3 is 2.57 bits per heavy atom. The van der Waals surface area contributed by atoms with Gasteiger partial charge in [0.1, 0.15) is 0 Å². The molecule has 3 N–H and O–H groups in total. The van der Waals surface area contributed by atoms with Crippen molar-refractivity contribution < 1.29 is 27.0 Å². The lowest BCUT2D eigenvalue weighted by Crippen LogP contribution is -2.53. The van der Waals surface area contributed by atoms with Crippen molar-refractivity contribution >= 4 is 29.1 Å². The SMILES string of the molecule is COc1c(Cl)ccc(C(C2(C)C=Cc3c(N)cccc3N2)C2(C(F)(F)F)CO2)c1F. The largest absolute Gasteiger partial charge is 0.492 e. The molecule has 9 heteroatoms. The Hall–Kier alpha value is -2.45. The van der Waals surface area contributed by atoms with Gasteiger partial charge in [0, 0.05) is 22.5 Å². The molecular weight excluding hydrogens is 424 g/mol. The van der Waals surface area contributed by atoms with E-state index < -0.39 is 35.7 Å². The van der Waals surface area contributed by atoms with E-state index in [0.29, 0.717) is 16.9 Å². The fourth-order valence-electron chi connectivity index (χ4n) is 4.22. The Morgan fingerprint density at radius 2 is 1.97 bits per heavy atom. The van der Waals surface area contributed by atoms with Crippen molar-refractivity contribution in [2.24, 2.45) is 0 Å². The average molecular weight is 443 g/mol. The highest BCUT2D eigenvalue weighted by Crippen LogP contribution is 2.59. The zero-order chi connectivity index (χ0) is 21.9. The molecule has 160 valence electrons. The molecule has 2 aromatic rings. The third-order valence-electron chi connectivity index (χ3n) is 5.74. The van der Waals surface area contributed by atoms with E-state index in [9.17, 15) is 13.2 Å². The van der Waals surface area contributed by atoms with Crippen molar-refractivity contribution in [2.75, 3.05) is 24.8 Å². The van der Waals surface area contributed by atoms with Gasteiger partial charge in [-0.3, -0.25) is 0 Å². The molecule has 4 rings (SSSR count). The molecule has 0 aromatic heterocycles. The van der Waals surface area contributed by atoms with Gasteiger partial charge in [-0.1, -0.05) is 35.9 Å². The van der Waals surface area contributed by atoms with Crippen LogP contribution in [0.15, 0.2) is 36.4 Å². The van der Waals surface area contributed by atoms with Crippen molar-refractivity contribution in [3.63, 3.8) is 0 Å². The molecular formula is C21H19ClF4N2O2. The topological polar surface area (TPSA) is 59.8 Å². The van der Waals surface area contributed by atoms with Gasteiger partial charge < -0.3 is 20.5 Å². The number of rotatable bonds is 4. The van der Waals surface area contributed by atoms with Crippen LogP contribution in [-0.4, -0.2) is 31.0 Å². The minimum Gasteiger partial charge on any atom is -0.492 e. The normalized spacial score (nSPS) is 26.0. The standard InChI is InChI=1S/C21H19ClF4N2O2/c1-19(9-8-11-14(27)4-3-5-15(11)28-19)18(20(10-30-20)21(24,25)26)12-6-7-13(22)17(29-2)16(12)23/h3-9,18,28H,10,27H2,1-2H3. The van der Waals surface area contributed by atoms with Crippen LogP contribution < -0.4 is 15.8 Å². The van der Waals surface area contributed by atoms with Crippen LogP contribution in [0.3, 0.4) is 0 Å². The van der Waals surface area contributed by atoms with Crippen molar-refractivity contribution in [2.45, 2.75) is 30.2 Å². The smallest absolute Gasteiger partial charge is 0.420 e.